The number of aryl methyl sites for hydroxylation is 1. The van der Waals surface area contributed by atoms with Crippen molar-refractivity contribution in [3.8, 4) is 5.75 Å². The van der Waals surface area contributed by atoms with Crippen LogP contribution in [0.25, 0.3) is 0 Å². The van der Waals surface area contributed by atoms with Crippen LogP contribution in [0.2, 0.25) is 5.02 Å². The molecule has 2 aliphatic rings. The molecule has 1 fully saturated rings. The smallest absolute Gasteiger partial charge is 0.335 e. The molecule has 1 saturated carbocycles. The third kappa shape index (κ3) is 7.00. The number of benzene rings is 2. The number of carboxylic acid groups (broad SMARTS) is 1. The quantitative estimate of drug-likeness (QED) is 0.362. The van der Waals surface area contributed by atoms with E-state index in [0.29, 0.717) is 30.5 Å². The molecule has 4 rings (SSSR count). The molecule has 218 valence electrons. The van der Waals surface area contributed by atoms with Crippen LogP contribution in [0.3, 0.4) is 0 Å². The van der Waals surface area contributed by atoms with Crippen molar-refractivity contribution in [1.82, 2.24) is 0 Å². The number of aliphatic hydroxyl groups is 1. The highest BCUT2D eigenvalue weighted by atomic mass is 35.5. The minimum absolute atomic E-state index is 0.144. The van der Waals surface area contributed by atoms with Crippen LogP contribution in [-0.4, -0.2) is 49.0 Å². The lowest BCUT2D eigenvalue weighted by Crippen LogP contribution is -2.51. The number of ether oxygens (including phenoxy) is 1. The summed E-state index contributed by atoms with van der Waals surface area (Å²) in [7, 11) is -3.63. The van der Waals surface area contributed by atoms with Crippen molar-refractivity contribution < 1.29 is 28.2 Å². The molecule has 0 bridgehead atoms. The van der Waals surface area contributed by atoms with E-state index < -0.39 is 32.8 Å². The number of carboxylic acids is 1. The number of allylic oxidation sites excluding steroid dienone is 1. The molecule has 0 radical (unpaired) electrons. The summed E-state index contributed by atoms with van der Waals surface area (Å²) in [6.07, 6.45) is 7.31. The molecule has 0 aromatic heterocycles. The van der Waals surface area contributed by atoms with E-state index in [0.717, 1.165) is 48.9 Å². The minimum atomic E-state index is -3.63. The zero-order valence-electron chi connectivity index (χ0n) is 23.1. The SMILES string of the molecule is C[C@H](C/C=C/[C@@H](O)[C@]1(C)CC[C@H]1CN1CCCCc2cc(Cl)ccc2COc2ccc(C(=O)O)cc21)S(N)(=O)=O. The van der Waals surface area contributed by atoms with Gasteiger partial charge in [0.2, 0.25) is 10.0 Å². The van der Waals surface area contributed by atoms with Gasteiger partial charge < -0.3 is 19.8 Å². The number of aromatic carboxylic acids is 1. The highest BCUT2D eigenvalue weighted by Crippen LogP contribution is 2.50. The van der Waals surface area contributed by atoms with Crippen LogP contribution in [0.1, 0.15) is 67.4 Å². The molecule has 40 heavy (non-hydrogen) atoms. The number of aliphatic hydroxyl groups excluding tert-OH is 1. The molecule has 2 aromatic carbocycles. The van der Waals surface area contributed by atoms with Crippen molar-refractivity contribution in [3.05, 3.63) is 70.3 Å². The Morgan fingerprint density at radius 1 is 1.25 bits per heavy atom. The summed E-state index contributed by atoms with van der Waals surface area (Å²) in [4.78, 5) is 14.1. The van der Waals surface area contributed by atoms with Gasteiger partial charge in [0.25, 0.3) is 0 Å². The standard InChI is InChI=1S/C30H39ClN2O6S/c1-20(40(32,37)38)6-5-8-28(34)30(2)14-13-24(30)18-33-15-4-3-7-21-16-25(31)11-9-23(21)19-39-27-12-10-22(29(35)36)17-26(27)33/h5,8-12,16-17,20,24,28,34H,3-4,6-7,13-15,18-19H2,1-2H3,(H,35,36)(H2,32,37,38)/b8-5+/t20-,24+,28-,30-/m1/s1. The summed E-state index contributed by atoms with van der Waals surface area (Å²) < 4.78 is 29.4. The molecular weight excluding hydrogens is 552 g/mol. The summed E-state index contributed by atoms with van der Waals surface area (Å²) in [5, 5.41) is 26.0. The molecule has 0 amide bonds. The lowest BCUT2D eigenvalue weighted by Gasteiger charge is -2.51. The summed E-state index contributed by atoms with van der Waals surface area (Å²) in [6, 6.07) is 10.8. The van der Waals surface area contributed by atoms with Gasteiger partial charge in [-0.1, -0.05) is 36.7 Å². The van der Waals surface area contributed by atoms with E-state index in [-0.39, 0.29) is 17.9 Å². The lowest BCUT2D eigenvalue weighted by atomic mass is 9.58. The average molecular weight is 591 g/mol. The van der Waals surface area contributed by atoms with Crippen LogP contribution in [-0.2, 0) is 23.1 Å². The van der Waals surface area contributed by atoms with Gasteiger partial charge in [0.1, 0.15) is 12.4 Å². The van der Waals surface area contributed by atoms with Crippen LogP contribution < -0.4 is 14.8 Å². The average Bonchev–Trinajstić information content (AvgIpc) is 2.92. The van der Waals surface area contributed by atoms with Gasteiger partial charge in [0.05, 0.1) is 22.6 Å². The molecule has 1 heterocycles. The molecule has 1 aliphatic carbocycles. The largest absolute Gasteiger partial charge is 0.487 e. The fourth-order valence-corrected chi connectivity index (χ4v) is 6.16. The summed E-state index contributed by atoms with van der Waals surface area (Å²) >= 11 is 6.26. The van der Waals surface area contributed by atoms with Gasteiger partial charge in [-0.15, -0.1) is 0 Å². The number of hydrogen-bond donors (Lipinski definition) is 3. The number of anilines is 1. The highest BCUT2D eigenvalue weighted by molar-refractivity contribution is 7.89. The highest BCUT2D eigenvalue weighted by Gasteiger charge is 2.47. The Morgan fingerprint density at radius 3 is 2.70 bits per heavy atom. The zero-order chi connectivity index (χ0) is 29.1. The molecule has 0 unspecified atom stereocenters. The second-order valence-corrected chi connectivity index (χ2v) is 13.8. The molecule has 0 saturated heterocycles. The van der Waals surface area contributed by atoms with Gasteiger partial charge in [-0.3, -0.25) is 0 Å². The molecule has 8 nitrogen and oxygen atoms in total. The molecule has 10 heteroatoms. The van der Waals surface area contributed by atoms with E-state index in [1.165, 1.54) is 0 Å². The summed E-state index contributed by atoms with van der Waals surface area (Å²) in [5.74, 6) is -0.239. The van der Waals surface area contributed by atoms with E-state index in [1.807, 2.05) is 18.2 Å². The second kappa shape index (κ2) is 12.5. The van der Waals surface area contributed by atoms with Gasteiger partial charge >= 0.3 is 5.97 Å². The maximum atomic E-state index is 11.9. The van der Waals surface area contributed by atoms with E-state index in [1.54, 1.807) is 37.3 Å². The lowest BCUT2D eigenvalue weighted by molar-refractivity contribution is -0.0466. The number of sulfonamides is 1. The van der Waals surface area contributed by atoms with Crippen molar-refractivity contribution in [3.63, 3.8) is 0 Å². The normalized spacial score (nSPS) is 23.2. The minimum Gasteiger partial charge on any atom is -0.487 e. The second-order valence-electron chi connectivity index (χ2n) is 11.3. The Balaban J connectivity index is 1.57. The first-order valence-electron chi connectivity index (χ1n) is 13.8. The number of nitrogens with zero attached hydrogens (tertiary/aromatic N) is 1. The van der Waals surface area contributed by atoms with Crippen molar-refractivity contribution in [2.75, 3.05) is 18.0 Å². The number of rotatable bonds is 8. The van der Waals surface area contributed by atoms with Crippen LogP contribution in [0, 0.1) is 11.3 Å². The first-order valence-corrected chi connectivity index (χ1v) is 15.8. The molecule has 0 spiro atoms. The number of fused-ring (bicyclic) bond motifs is 2. The van der Waals surface area contributed by atoms with Gasteiger partial charge in [0.15, 0.2) is 0 Å². The molecule has 2 aromatic rings. The number of hydrogen-bond acceptors (Lipinski definition) is 6. The van der Waals surface area contributed by atoms with Crippen LogP contribution in [0.4, 0.5) is 5.69 Å². The van der Waals surface area contributed by atoms with Crippen molar-refractivity contribution in [2.45, 2.75) is 70.3 Å². The topological polar surface area (TPSA) is 130 Å². The van der Waals surface area contributed by atoms with Gasteiger partial charge in [-0.05, 0) is 92.8 Å². The van der Waals surface area contributed by atoms with Crippen molar-refractivity contribution in [2.24, 2.45) is 16.5 Å². The molecule has 1 aliphatic heterocycles. The van der Waals surface area contributed by atoms with E-state index in [4.69, 9.17) is 21.5 Å². The Hall–Kier alpha value is -2.59. The van der Waals surface area contributed by atoms with E-state index in [9.17, 15) is 23.4 Å². The number of halogens is 1. The fourth-order valence-electron chi connectivity index (χ4n) is 5.58. The summed E-state index contributed by atoms with van der Waals surface area (Å²) in [6.45, 7) is 5.29. The maximum absolute atomic E-state index is 11.9. The number of primary sulfonamides is 1. The fraction of sp³-hybridized carbons (Fsp3) is 0.500. The van der Waals surface area contributed by atoms with Crippen LogP contribution >= 0.6 is 11.6 Å². The predicted molar refractivity (Wildman–Crippen MR) is 158 cm³/mol. The first kappa shape index (κ1) is 30.4. The Kier molecular flexibility index (Phi) is 9.50. The molecule has 4 N–H and O–H groups in total. The third-order valence-electron chi connectivity index (χ3n) is 8.65. The number of carbonyl (C=O) groups is 1. The maximum Gasteiger partial charge on any atom is 0.335 e. The zero-order valence-corrected chi connectivity index (χ0v) is 24.6. The summed E-state index contributed by atoms with van der Waals surface area (Å²) in [5.41, 5.74) is 2.75. The predicted octanol–water partition coefficient (Wildman–Crippen LogP) is 5.16. The Labute approximate surface area is 241 Å². The van der Waals surface area contributed by atoms with E-state index in [2.05, 4.69) is 11.8 Å². The van der Waals surface area contributed by atoms with Gasteiger partial charge in [-0.25, -0.2) is 18.4 Å². The van der Waals surface area contributed by atoms with Gasteiger partial charge in [0, 0.05) is 23.5 Å². The van der Waals surface area contributed by atoms with Crippen molar-refractivity contribution in [1.29, 1.82) is 0 Å². The van der Waals surface area contributed by atoms with Crippen molar-refractivity contribution >= 4 is 33.3 Å². The monoisotopic (exact) mass is 590 g/mol. The van der Waals surface area contributed by atoms with Gasteiger partial charge in [-0.2, -0.15) is 0 Å². The number of nitrogens with two attached hydrogens (primary N) is 1. The third-order valence-corrected chi connectivity index (χ3v) is 10.2. The molecule has 4 atom stereocenters. The Bertz CT molecular complexity index is 1360. The van der Waals surface area contributed by atoms with Crippen LogP contribution in [0.5, 0.6) is 5.75 Å². The van der Waals surface area contributed by atoms with Crippen LogP contribution in [0.15, 0.2) is 48.6 Å². The molecular formula is C30H39ClN2O6S. The van der Waals surface area contributed by atoms with E-state index >= 15 is 0 Å². The Morgan fingerprint density at radius 2 is 2.02 bits per heavy atom. The first-order chi connectivity index (χ1) is 18.9.